The van der Waals surface area contributed by atoms with E-state index < -0.39 is 0 Å². The summed E-state index contributed by atoms with van der Waals surface area (Å²) in [6, 6.07) is 0.428. The third kappa shape index (κ3) is 2.35. The second-order valence-corrected chi connectivity index (χ2v) is 3.85. The lowest BCUT2D eigenvalue weighted by Gasteiger charge is -2.24. The lowest BCUT2D eigenvalue weighted by molar-refractivity contribution is 0.369. The molecule has 0 fully saturated rings. The van der Waals surface area contributed by atoms with Gasteiger partial charge in [-0.15, -0.1) is 0 Å². The first kappa shape index (κ1) is 11.2. The van der Waals surface area contributed by atoms with Crippen molar-refractivity contribution in [3.05, 3.63) is 18.2 Å². The first-order chi connectivity index (χ1) is 6.70. The van der Waals surface area contributed by atoms with Crippen LogP contribution in [0.1, 0.15) is 38.9 Å². The van der Waals surface area contributed by atoms with Crippen molar-refractivity contribution in [3.63, 3.8) is 0 Å². The molecule has 80 valence electrons. The van der Waals surface area contributed by atoms with Crippen molar-refractivity contribution >= 4 is 0 Å². The number of nitrogens with one attached hydrogen (secondary N) is 1. The predicted molar refractivity (Wildman–Crippen MR) is 59.1 cm³/mol. The minimum Gasteiger partial charge on any atom is -0.336 e. The Labute approximate surface area is 86.5 Å². The molecule has 3 nitrogen and oxygen atoms in total. The number of hydrogen-bond acceptors (Lipinski definition) is 2. The third-order valence-corrected chi connectivity index (χ3v) is 2.81. The number of hydrogen-bond donors (Lipinski definition) is 1. The summed E-state index contributed by atoms with van der Waals surface area (Å²) in [6.07, 6.45) is 5.00. The van der Waals surface area contributed by atoms with E-state index in [2.05, 4.69) is 42.7 Å². The van der Waals surface area contributed by atoms with Gasteiger partial charge in [0.1, 0.15) is 0 Å². The lowest BCUT2D eigenvalue weighted by Crippen LogP contribution is -2.28. The van der Waals surface area contributed by atoms with Crippen LogP contribution in [0.5, 0.6) is 0 Å². The molecule has 14 heavy (non-hydrogen) atoms. The van der Waals surface area contributed by atoms with Crippen LogP contribution >= 0.6 is 0 Å². The number of rotatable bonds is 5. The maximum Gasteiger partial charge on any atom is 0.0946 e. The van der Waals surface area contributed by atoms with Crippen LogP contribution in [0.2, 0.25) is 0 Å². The first-order valence-electron chi connectivity index (χ1n) is 5.40. The molecule has 1 rings (SSSR count). The molecule has 1 heterocycles. The average Bonchev–Trinajstić information content (AvgIpc) is 2.60. The summed E-state index contributed by atoms with van der Waals surface area (Å²) >= 11 is 0. The topological polar surface area (TPSA) is 29.9 Å². The van der Waals surface area contributed by atoms with Crippen molar-refractivity contribution in [2.75, 3.05) is 6.54 Å². The lowest BCUT2D eigenvalue weighted by atomic mass is 9.96. The van der Waals surface area contributed by atoms with Crippen LogP contribution in [0.15, 0.2) is 12.5 Å². The van der Waals surface area contributed by atoms with Gasteiger partial charge in [0.25, 0.3) is 0 Å². The van der Waals surface area contributed by atoms with E-state index in [0.717, 1.165) is 6.54 Å². The molecular formula is C11H21N3. The van der Waals surface area contributed by atoms with Crippen LogP contribution in [-0.2, 0) is 7.05 Å². The van der Waals surface area contributed by atoms with Gasteiger partial charge in [0.05, 0.1) is 18.1 Å². The Hall–Kier alpha value is -0.830. The van der Waals surface area contributed by atoms with E-state index >= 15 is 0 Å². The van der Waals surface area contributed by atoms with Crippen molar-refractivity contribution in [1.82, 2.24) is 14.9 Å². The fourth-order valence-corrected chi connectivity index (χ4v) is 1.72. The number of nitrogens with zero attached hydrogens (tertiary/aromatic N) is 2. The molecule has 0 aromatic carbocycles. The van der Waals surface area contributed by atoms with Gasteiger partial charge in [-0.3, -0.25) is 0 Å². The molecule has 0 aliphatic heterocycles. The number of aromatic nitrogens is 2. The Kier molecular flexibility index (Phi) is 4.14. The normalized spacial score (nSPS) is 15.4. The van der Waals surface area contributed by atoms with E-state index in [4.69, 9.17) is 0 Å². The Morgan fingerprint density at radius 2 is 2.21 bits per heavy atom. The van der Waals surface area contributed by atoms with Crippen LogP contribution in [0, 0.1) is 5.92 Å². The fraction of sp³-hybridized carbons (Fsp3) is 0.727. The van der Waals surface area contributed by atoms with Gasteiger partial charge in [0.15, 0.2) is 0 Å². The standard InChI is InChI=1S/C11H21N3/c1-5-9(3)11(13-6-2)10-7-12-8-14(10)4/h7-9,11,13H,5-6H2,1-4H3. The van der Waals surface area contributed by atoms with Gasteiger partial charge in [-0.1, -0.05) is 27.2 Å². The maximum atomic E-state index is 4.16. The Balaban J connectivity index is 2.82. The van der Waals surface area contributed by atoms with Crippen LogP contribution in [0.3, 0.4) is 0 Å². The summed E-state index contributed by atoms with van der Waals surface area (Å²) in [6.45, 7) is 7.65. The van der Waals surface area contributed by atoms with Gasteiger partial charge in [0, 0.05) is 13.2 Å². The second kappa shape index (κ2) is 5.15. The van der Waals surface area contributed by atoms with Crippen LogP contribution in [0.4, 0.5) is 0 Å². The average molecular weight is 195 g/mol. The van der Waals surface area contributed by atoms with Gasteiger partial charge in [-0.2, -0.15) is 0 Å². The second-order valence-electron chi connectivity index (χ2n) is 3.85. The Morgan fingerprint density at radius 1 is 1.50 bits per heavy atom. The summed E-state index contributed by atoms with van der Waals surface area (Å²) in [4.78, 5) is 4.16. The highest BCUT2D eigenvalue weighted by atomic mass is 15.1. The van der Waals surface area contributed by atoms with Crippen molar-refractivity contribution < 1.29 is 0 Å². The summed E-state index contributed by atoms with van der Waals surface area (Å²) in [5.41, 5.74) is 1.28. The molecule has 0 aliphatic rings. The molecule has 0 spiro atoms. The Morgan fingerprint density at radius 3 is 2.64 bits per heavy atom. The third-order valence-electron chi connectivity index (χ3n) is 2.81. The Bertz CT molecular complexity index is 267. The van der Waals surface area contributed by atoms with E-state index in [1.54, 1.807) is 0 Å². The maximum absolute atomic E-state index is 4.16. The number of aryl methyl sites for hydroxylation is 1. The SMILES string of the molecule is CCNC(c1cncn1C)C(C)CC. The van der Waals surface area contributed by atoms with Crippen molar-refractivity contribution in [3.8, 4) is 0 Å². The van der Waals surface area contributed by atoms with Crippen LogP contribution < -0.4 is 5.32 Å². The highest BCUT2D eigenvalue weighted by Crippen LogP contribution is 2.23. The molecule has 1 aromatic rings. The summed E-state index contributed by atoms with van der Waals surface area (Å²) < 4.78 is 2.10. The zero-order valence-corrected chi connectivity index (χ0v) is 9.62. The zero-order valence-electron chi connectivity index (χ0n) is 9.62. The molecular weight excluding hydrogens is 174 g/mol. The molecule has 2 atom stereocenters. The summed E-state index contributed by atoms with van der Waals surface area (Å²) in [5, 5.41) is 3.52. The molecule has 0 radical (unpaired) electrons. The van der Waals surface area contributed by atoms with E-state index in [1.807, 2.05) is 12.5 Å². The first-order valence-corrected chi connectivity index (χ1v) is 5.40. The molecule has 1 N–H and O–H groups in total. The van der Waals surface area contributed by atoms with Crippen LogP contribution in [0.25, 0.3) is 0 Å². The predicted octanol–water partition coefficient (Wildman–Crippen LogP) is 2.12. The van der Waals surface area contributed by atoms with Gasteiger partial charge in [0.2, 0.25) is 0 Å². The van der Waals surface area contributed by atoms with E-state index in [-0.39, 0.29) is 0 Å². The van der Waals surface area contributed by atoms with Gasteiger partial charge in [-0.25, -0.2) is 4.98 Å². The quantitative estimate of drug-likeness (QED) is 0.780. The fourth-order valence-electron chi connectivity index (χ4n) is 1.72. The van der Waals surface area contributed by atoms with Crippen molar-refractivity contribution in [2.45, 2.75) is 33.2 Å². The van der Waals surface area contributed by atoms with E-state index in [1.165, 1.54) is 12.1 Å². The van der Waals surface area contributed by atoms with E-state index in [0.29, 0.717) is 12.0 Å². The molecule has 0 aliphatic carbocycles. The highest BCUT2D eigenvalue weighted by Gasteiger charge is 2.19. The van der Waals surface area contributed by atoms with E-state index in [9.17, 15) is 0 Å². The van der Waals surface area contributed by atoms with Crippen molar-refractivity contribution in [2.24, 2.45) is 13.0 Å². The molecule has 1 aromatic heterocycles. The van der Waals surface area contributed by atoms with Gasteiger partial charge >= 0.3 is 0 Å². The van der Waals surface area contributed by atoms with Crippen LogP contribution in [-0.4, -0.2) is 16.1 Å². The largest absolute Gasteiger partial charge is 0.336 e. The minimum absolute atomic E-state index is 0.428. The smallest absolute Gasteiger partial charge is 0.0946 e. The highest BCUT2D eigenvalue weighted by molar-refractivity contribution is 5.06. The molecule has 0 saturated heterocycles. The molecule has 0 saturated carbocycles. The molecule has 0 bridgehead atoms. The summed E-state index contributed by atoms with van der Waals surface area (Å²) in [7, 11) is 2.05. The molecule has 0 amide bonds. The zero-order chi connectivity index (χ0) is 10.6. The minimum atomic E-state index is 0.428. The number of imidazole rings is 1. The molecule has 2 unspecified atom stereocenters. The van der Waals surface area contributed by atoms with Gasteiger partial charge in [-0.05, 0) is 12.5 Å². The molecule has 3 heteroatoms. The van der Waals surface area contributed by atoms with Crippen molar-refractivity contribution in [1.29, 1.82) is 0 Å². The van der Waals surface area contributed by atoms with Gasteiger partial charge < -0.3 is 9.88 Å². The monoisotopic (exact) mass is 195 g/mol. The summed E-state index contributed by atoms with van der Waals surface area (Å²) in [5.74, 6) is 0.644.